The number of hydrogen-bond acceptors (Lipinski definition) is 3. The molecule has 0 aliphatic carbocycles. The summed E-state index contributed by atoms with van der Waals surface area (Å²) < 4.78 is 0. The number of carbonyl (C=O) groups excluding carboxylic acids is 1. The van der Waals surface area contributed by atoms with Crippen molar-refractivity contribution >= 4 is 5.91 Å². The van der Waals surface area contributed by atoms with Gasteiger partial charge in [-0.05, 0) is 64.2 Å². The Morgan fingerprint density at radius 1 is 0.556 bits per heavy atom. The van der Waals surface area contributed by atoms with Crippen molar-refractivity contribution in [1.29, 1.82) is 0 Å². The molecule has 0 aromatic rings. The molecular weight excluding hydrogens is 554 g/mol. The van der Waals surface area contributed by atoms with Crippen molar-refractivity contribution in [3.8, 4) is 0 Å². The van der Waals surface area contributed by atoms with Gasteiger partial charge in [0.05, 0.1) is 18.8 Å². The Hall–Kier alpha value is -2.17. The van der Waals surface area contributed by atoms with Gasteiger partial charge in [-0.3, -0.25) is 4.79 Å². The molecule has 0 aliphatic rings. The number of hydrogen-bond donors (Lipinski definition) is 3. The highest BCUT2D eigenvalue weighted by Gasteiger charge is 2.17. The van der Waals surface area contributed by atoms with Crippen molar-refractivity contribution in [2.24, 2.45) is 0 Å². The van der Waals surface area contributed by atoms with Gasteiger partial charge in [0.1, 0.15) is 0 Å². The summed E-state index contributed by atoms with van der Waals surface area (Å²) in [6.45, 7) is 4.13. The molecule has 0 aromatic heterocycles. The topological polar surface area (TPSA) is 69.6 Å². The second-order valence-electron chi connectivity index (χ2n) is 12.3. The third-order valence-corrected chi connectivity index (χ3v) is 7.95. The Bertz CT molecular complexity index is 808. The third kappa shape index (κ3) is 33.0. The predicted molar refractivity (Wildman–Crippen MR) is 197 cm³/mol. The highest BCUT2D eigenvalue weighted by Crippen LogP contribution is 2.12. The van der Waals surface area contributed by atoms with Crippen LogP contribution in [0.5, 0.6) is 0 Å². The first-order valence-corrected chi connectivity index (χ1v) is 18.7. The first kappa shape index (κ1) is 42.8. The summed E-state index contributed by atoms with van der Waals surface area (Å²) in [5.41, 5.74) is 0. The Morgan fingerprint density at radius 2 is 0.978 bits per heavy atom. The second kappa shape index (κ2) is 36.3. The summed E-state index contributed by atoms with van der Waals surface area (Å²) in [6, 6.07) is -0.626. The molecule has 0 aliphatic heterocycles. The van der Waals surface area contributed by atoms with Crippen molar-refractivity contribution in [1.82, 2.24) is 5.32 Å². The quantitative estimate of drug-likeness (QED) is 0.0514. The number of allylic oxidation sites excluding steroid dienone is 11. The molecule has 0 aromatic carbocycles. The van der Waals surface area contributed by atoms with Gasteiger partial charge in [0.2, 0.25) is 5.91 Å². The SMILES string of the molecule is CC/C=C\C/C=C\C/C=C\C/C=C\C/C=C\CCCCCCCCCCCC(=O)NC(CO)C(O)/C=C/CCCCCCCC. The van der Waals surface area contributed by atoms with Gasteiger partial charge in [0, 0.05) is 6.42 Å². The molecule has 1 amide bonds. The largest absolute Gasteiger partial charge is 0.394 e. The van der Waals surface area contributed by atoms with Gasteiger partial charge in [0.15, 0.2) is 0 Å². The molecule has 0 heterocycles. The minimum atomic E-state index is -0.842. The molecule has 3 N–H and O–H groups in total. The van der Waals surface area contributed by atoms with E-state index < -0.39 is 12.1 Å². The van der Waals surface area contributed by atoms with Crippen molar-refractivity contribution in [2.45, 2.75) is 174 Å². The van der Waals surface area contributed by atoms with E-state index in [9.17, 15) is 15.0 Å². The lowest BCUT2D eigenvalue weighted by molar-refractivity contribution is -0.123. The van der Waals surface area contributed by atoms with Gasteiger partial charge < -0.3 is 15.5 Å². The molecule has 2 unspecified atom stereocenters. The van der Waals surface area contributed by atoms with Gasteiger partial charge in [-0.25, -0.2) is 0 Å². The van der Waals surface area contributed by atoms with E-state index in [1.807, 2.05) is 6.08 Å². The molecule has 0 radical (unpaired) electrons. The zero-order valence-electron chi connectivity index (χ0n) is 29.4. The van der Waals surface area contributed by atoms with Gasteiger partial charge in [-0.2, -0.15) is 0 Å². The summed E-state index contributed by atoms with van der Waals surface area (Å²) in [7, 11) is 0. The highest BCUT2D eigenvalue weighted by atomic mass is 16.3. The van der Waals surface area contributed by atoms with E-state index in [2.05, 4.69) is 79.9 Å². The third-order valence-electron chi connectivity index (χ3n) is 7.95. The molecular formula is C41H71NO3. The smallest absolute Gasteiger partial charge is 0.220 e. The average Bonchev–Trinajstić information content (AvgIpc) is 3.04. The molecule has 45 heavy (non-hydrogen) atoms. The van der Waals surface area contributed by atoms with Crippen LogP contribution in [-0.4, -0.2) is 34.9 Å². The molecule has 0 fully saturated rings. The average molecular weight is 626 g/mol. The Balaban J connectivity index is 3.61. The highest BCUT2D eigenvalue weighted by molar-refractivity contribution is 5.76. The van der Waals surface area contributed by atoms with Crippen molar-refractivity contribution in [3.05, 3.63) is 72.9 Å². The van der Waals surface area contributed by atoms with Crippen molar-refractivity contribution < 1.29 is 15.0 Å². The van der Waals surface area contributed by atoms with Crippen molar-refractivity contribution in [3.63, 3.8) is 0 Å². The molecule has 0 spiro atoms. The van der Waals surface area contributed by atoms with Crippen LogP contribution in [0.4, 0.5) is 0 Å². The predicted octanol–water partition coefficient (Wildman–Crippen LogP) is 11.2. The fraction of sp³-hybridized carbons (Fsp3) is 0.683. The number of aliphatic hydroxyl groups is 2. The first-order valence-electron chi connectivity index (χ1n) is 18.7. The van der Waals surface area contributed by atoms with Crippen LogP contribution < -0.4 is 5.32 Å². The van der Waals surface area contributed by atoms with E-state index in [0.29, 0.717) is 6.42 Å². The minimum Gasteiger partial charge on any atom is -0.394 e. The molecule has 0 bridgehead atoms. The number of rotatable bonds is 32. The molecule has 4 nitrogen and oxygen atoms in total. The summed E-state index contributed by atoms with van der Waals surface area (Å²) >= 11 is 0. The molecule has 0 saturated heterocycles. The van der Waals surface area contributed by atoms with E-state index in [0.717, 1.165) is 57.8 Å². The maximum Gasteiger partial charge on any atom is 0.220 e. The summed E-state index contributed by atoms with van der Waals surface area (Å²) in [4.78, 5) is 12.3. The standard InChI is InChI=1S/C41H71NO3/c1-3-5-7-9-11-13-14-15-16-17-18-19-20-21-22-23-24-25-26-27-28-29-31-33-35-37-41(45)42-39(38-43)40(44)36-34-32-30-12-10-8-6-4-2/h5,7,11,13,15-16,18-19,21-22,34,36,39-40,43-44H,3-4,6,8-10,12,14,17,20,23-33,35,37-38H2,1-2H3,(H,42,45)/b7-5-,13-11-,16-15-,19-18-,22-21-,36-34+. The van der Waals surface area contributed by atoms with Crippen LogP contribution in [0.15, 0.2) is 72.9 Å². The zero-order valence-corrected chi connectivity index (χ0v) is 29.4. The lowest BCUT2D eigenvalue weighted by Gasteiger charge is -2.20. The second-order valence-corrected chi connectivity index (χ2v) is 12.3. The number of unbranched alkanes of at least 4 members (excludes halogenated alkanes) is 15. The molecule has 0 rings (SSSR count). The van der Waals surface area contributed by atoms with Crippen LogP contribution in [0.3, 0.4) is 0 Å². The first-order chi connectivity index (χ1) is 22.2. The van der Waals surface area contributed by atoms with Crippen LogP contribution in [0.2, 0.25) is 0 Å². The van der Waals surface area contributed by atoms with Gasteiger partial charge >= 0.3 is 0 Å². The Kier molecular flexibility index (Phi) is 34.5. The van der Waals surface area contributed by atoms with Crippen LogP contribution in [-0.2, 0) is 4.79 Å². The van der Waals surface area contributed by atoms with E-state index in [1.165, 1.54) is 83.5 Å². The summed E-state index contributed by atoms with van der Waals surface area (Å²) in [5.74, 6) is -0.0788. The Labute approximate surface area is 278 Å². The molecule has 2 atom stereocenters. The molecule has 258 valence electrons. The lowest BCUT2D eigenvalue weighted by atomic mass is 10.0. The molecule has 0 saturated carbocycles. The van der Waals surface area contributed by atoms with Crippen LogP contribution >= 0.6 is 0 Å². The normalized spacial score (nSPS) is 14.0. The van der Waals surface area contributed by atoms with Crippen LogP contribution in [0.1, 0.15) is 162 Å². The van der Waals surface area contributed by atoms with Gasteiger partial charge in [-0.1, -0.05) is 164 Å². The number of amides is 1. The maximum absolute atomic E-state index is 12.3. The van der Waals surface area contributed by atoms with E-state index in [-0.39, 0.29) is 12.5 Å². The van der Waals surface area contributed by atoms with Gasteiger partial charge in [0.25, 0.3) is 0 Å². The fourth-order valence-corrected chi connectivity index (χ4v) is 5.08. The number of nitrogens with one attached hydrogen (secondary N) is 1. The number of aliphatic hydroxyl groups excluding tert-OH is 2. The monoisotopic (exact) mass is 626 g/mol. The van der Waals surface area contributed by atoms with E-state index in [4.69, 9.17) is 0 Å². The summed E-state index contributed by atoms with van der Waals surface area (Å²) in [6.07, 6.45) is 51.4. The van der Waals surface area contributed by atoms with E-state index >= 15 is 0 Å². The minimum absolute atomic E-state index is 0.0788. The molecule has 4 heteroatoms. The fourth-order valence-electron chi connectivity index (χ4n) is 5.08. The maximum atomic E-state index is 12.3. The van der Waals surface area contributed by atoms with E-state index in [1.54, 1.807) is 6.08 Å². The summed E-state index contributed by atoms with van der Waals surface area (Å²) in [5, 5.41) is 22.7. The van der Waals surface area contributed by atoms with Crippen LogP contribution in [0, 0.1) is 0 Å². The van der Waals surface area contributed by atoms with Gasteiger partial charge in [-0.15, -0.1) is 0 Å². The lowest BCUT2D eigenvalue weighted by Crippen LogP contribution is -2.45. The zero-order chi connectivity index (χ0) is 32.9. The Morgan fingerprint density at radius 3 is 1.47 bits per heavy atom. The van der Waals surface area contributed by atoms with Crippen molar-refractivity contribution in [2.75, 3.05) is 6.61 Å². The van der Waals surface area contributed by atoms with Crippen LogP contribution in [0.25, 0.3) is 0 Å². The number of carbonyl (C=O) groups is 1.